The summed E-state index contributed by atoms with van der Waals surface area (Å²) in [5.41, 5.74) is 1.11. The second-order valence-corrected chi connectivity index (χ2v) is 7.48. The summed E-state index contributed by atoms with van der Waals surface area (Å²) in [7, 11) is 6.79. The fourth-order valence-corrected chi connectivity index (χ4v) is 4.43. The minimum absolute atomic E-state index is 0.00183. The molecule has 1 aliphatic heterocycles. The van der Waals surface area contributed by atoms with E-state index in [1.165, 1.54) is 35.5 Å². The zero-order valence-electron chi connectivity index (χ0n) is 19.3. The first kappa shape index (κ1) is 23.1. The summed E-state index contributed by atoms with van der Waals surface area (Å²) in [5.74, 6) is -2.17. The minimum Gasteiger partial charge on any atom is -0.507 e. The Kier molecular flexibility index (Phi) is 6.14. The molecule has 1 heterocycles. The molecule has 0 radical (unpaired) electrons. The highest BCUT2D eigenvalue weighted by Gasteiger charge is 2.46. The molecule has 0 bridgehead atoms. The zero-order chi connectivity index (χ0) is 24.6. The maximum Gasteiger partial charge on any atom is 0.338 e. The molecule has 4 rings (SSSR count). The lowest BCUT2D eigenvalue weighted by Gasteiger charge is -2.33. The Morgan fingerprint density at radius 3 is 2.03 bits per heavy atom. The number of esters is 2. The van der Waals surface area contributed by atoms with Gasteiger partial charge in [-0.15, -0.1) is 0 Å². The van der Waals surface area contributed by atoms with E-state index in [9.17, 15) is 14.7 Å². The van der Waals surface area contributed by atoms with Crippen molar-refractivity contribution in [2.75, 3.05) is 42.3 Å². The molecule has 2 aromatic carbocycles. The molecular formula is C24H24O10. The monoisotopic (exact) mass is 472 g/mol. The fourth-order valence-electron chi connectivity index (χ4n) is 4.43. The van der Waals surface area contributed by atoms with Crippen LogP contribution in [-0.4, -0.2) is 59.4 Å². The van der Waals surface area contributed by atoms with E-state index < -0.39 is 29.5 Å². The van der Waals surface area contributed by atoms with Crippen molar-refractivity contribution in [3.05, 3.63) is 46.5 Å². The molecule has 2 aliphatic rings. The lowest BCUT2D eigenvalue weighted by molar-refractivity contribution is -0.148. The van der Waals surface area contributed by atoms with Crippen LogP contribution in [0.3, 0.4) is 0 Å². The number of carbonyl (C=O) groups is 2. The van der Waals surface area contributed by atoms with Gasteiger partial charge in [-0.25, -0.2) is 4.79 Å². The van der Waals surface area contributed by atoms with Gasteiger partial charge >= 0.3 is 11.9 Å². The molecule has 1 aliphatic carbocycles. The summed E-state index contributed by atoms with van der Waals surface area (Å²) in [6.07, 6.45) is 0. The second-order valence-electron chi connectivity index (χ2n) is 7.48. The summed E-state index contributed by atoms with van der Waals surface area (Å²) >= 11 is 0. The van der Waals surface area contributed by atoms with Gasteiger partial charge < -0.3 is 38.3 Å². The zero-order valence-corrected chi connectivity index (χ0v) is 19.3. The van der Waals surface area contributed by atoms with Gasteiger partial charge in [0.15, 0.2) is 23.0 Å². The van der Waals surface area contributed by atoms with E-state index in [1.54, 1.807) is 24.3 Å². The number of hydrogen-bond donors (Lipinski definition) is 1. The maximum absolute atomic E-state index is 13.1. The van der Waals surface area contributed by atoms with Gasteiger partial charge in [0.05, 0.1) is 41.1 Å². The second kappa shape index (κ2) is 9.05. The summed E-state index contributed by atoms with van der Waals surface area (Å²) in [4.78, 5) is 25.9. The smallest absolute Gasteiger partial charge is 0.338 e. The van der Waals surface area contributed by atoms with Crippen LogP contribution in [-0.2, 0) is 19.1 Å². The van der Waals surface area contributed by atoms with Crippen LogP contribution in [0.25, 0.3) is 5.76 Å². The molecule has 2 atom stereocenters. The van der Waals surface area contributed by atoms with Crippen molar-refractivity contribution < 1.29 is 47.9 Å². The average molecular weight is 472 g/mol. The van der Waals surface area contributed by atoms with Crippen LogP contribution in [0.15, 0.2) is 29.8 Å². The number of aliphatic hydroxyl groups excluding tert-OH is 1. The third kappa shape index (κ3) is 3.51. The summed E-state index contributed by atoms with van der Waals surface area (Å²) in [6, 6.07) is 6.58. The highest BCUT2D eigenvalue weighted by molar-refractivity contribution is 6.04. The molecule has 0 spiro atoms. The SMILES string of the molecule is COC(=O)C1=C(O)c2cc3c(cc2[C@H](c2cc(OC)c(OC)c(OC)c2)[C@@H]1C(=O)OC)OCO3. The standard InChI is InChI=1S/C24H24O10/c1-28-16-6-11(7-17(29-2)22(16)30-3)18-12-8-14-15(34-10-33-14)9-13(12)21(25)20(24(27)32-5)19(18)23(26)31-4/h6-9,18-19,25H,10H2,1-5H3/t18-,19-/m0/s1. The molecule has 0 fully saturated rings. The van der Waals surface area contributed by atoms with E-state index in [4.69, 9.17) is 33.2 Å². The number of fused-ring (bicyclic) bond motifs is 2. The highest BCUT2D eigenvalue weighted by atomic mass is 16.7. The molecule has 2 aromatic rings. The van der Waals surface area contributed by atoms with Gasteiger partial charge in [-0.05, 0) is 35.4 Å². The molecule has 0 amide bonds. The predicted octanol–water partition coefficient (Wildman–Crippen LogP) is 2.82. The first-order chi connectivity index (χ1) is 16.4. The quantitative estimate of drug-likeness (QED) is 0.629. The Labute approximate surface area is 195 Å². The fraction of sp³-hybridized carbons (Fsp3) is 0.333. The molecule has 0 saturated carbocycles. The van der Waals surface area contributed by atoms with Crippen LogP contribution in [0.2, 0.25) is 0 Å². The number of carbonyl (C=O) groups excluding carboxylic acids is 2. The Bertz CT molecular complexity index is 1160. The molecular weight excluding hydrogens is 448 g/mol. The minimum atomic E-state index is -1.24. The lowest BCUT2D eigenvalue weighted by atomic mass is 9.70. The molecule has 180 valence electrons. The van der Waals surface area contributed by atoms with E-state index in [0.29, 0.717) is 45.4 Å². The summed E-state index contributed by atoms with van der Waals surface area (Å²) in [5, 5.41) is 11.1. The van der Waals surface area contributed by atoms with Gasteiger partial charge in [0.25, 0.3) is 0 Å². The van der Waals surface area contributed by atoms with Crippen molar-refractivity contribution >= 4 is 17.7 Å². The Balaban J connectivity index is 2.06. The highest BCUT2D eigenvalue weighted by Crippen LogP contribution is 2.52. The molecule has 0 saturated heterocycles. The third-order valence-electron chi connectivity index (χ3n) is 5.94. The largest absolute Gasteiger partial charge is 0.507 e. The van der Waals surface area contributed by atoms with Gasteiger partial charge in [0, 0.05) is 11.5 Å². The van der Waals surface area contributed by atoms with E-state index in [2.05, 4.69) is 0 Å². The van der Waals surface area contributed by atoms with Crippen LogP contribution in [0.1, 0.15) is 22.6 Å². The Morgan fingerprint density at radius 1 is 0.882 bits per heavy atom. The molecule has 1 N–H and O–H groups in total. The van der Waals surface area contributed by atoms with Crippen LogP contribution < -0.4 is 23.7 Å². The van der Waals surface area contributed by atoms with Crippen LogP contribution in [0.5, 0.6) is 28.7 Å². The third-order valence-corrected chi connectivity index (χ3v) is 5.94. The first-order valence-corrected chi connectivity index (χ1v) is 10.2. The van der Waals surface area contributed by atoms with Crippen molar-refractivity contribution in [2.24, 2.45) is 5.92 Å². The number of ether oxygens (including phenoxy) is 7. The van der Waals surface area contributed by atoms with Gasteiger partial charge in [-0.3, -0.25) is 4.79 Å². The van der Waals surface area contributed by atoms with Gasteiger partial charge in [0.1, 0.15) is 11.7 Å². The summed E-state index contributed by atoms with van der Waals surface area (Å²) < 4.78 is 37.3. The topological polar surface area (TPSA) is 119 Å². The van der Waals surface area contributed by atoms with Crippen molar-refractivity contribution in [3.63, 3.8) is 0 Å². The molecule has 0 unspecified atom stereocenters. The predicted molar refractivity (Wildman–Crippen MR) is 118 cm³/mol. The molecule has 0 aromatic heterocycles. The molecule has 34 heavy (non-hydrogen) atoms. The average Bonchev–Trinajstić information content (AvgIpc) is 3.33. The van der Waals surface area contributed by atoms with Crippen LogP contribution >= 0.6 is 0 Å². The number of benzene rings is 2. The number of aliphatic hydroxyl groups is 1. The van der Waals surface area contributed by atoms with Gasteiger partial charge in [-0.2, -0.15) is 0 Å². The van der Waals surface area contributed by atoms with Gasteiger partial charge in [0.2, 0.25) is 12.5 Å². The number of methoxy groups -OCH3 is 5. The lowest BCUT2D eigenvalue weighted by Crippen LogP contribution is -2.34. The van der Waals surface area contributed by atoms with E-state index in [0.717, 1.165) is 0 Å². The van der Waals surface area contributed by atoms with E-state index in [-0.39, 0.29) is 12.4 Å². The molecule has 10 heteroatoms. The number of hydrogen-bond acceptors (Lipinski definition) is 10. The van der Waals surface area contributed by atoms with E-state index >= 15 is 0 Å². The van der Waals surface area contributed by atoms with Crippen LogP contribution in [0, 0.1) is 5.92 Å². The number of rotatable bonds is 6. The Morgan fingerprint density at radius 2 is 1.50 bits per heavy atom. The van der Waals surface area contributed by atoms with Crippen LogP contribution in [0.4, 0.5) is 0 Å². The van der Waals surface area contributed by atoms with Gasteiger partial charge in [-0.1, -0.05) is 0 Å². The maximum atomic E-state index is 13.1. The summed E-state index contributed by atoms with van der Waals surface area (Å²) in [6.45, 7) is 0.00183. The normalized spacial score (nSPS) is 18.1. The van der Waals surface area contributed by atoms with Crippen molar-refractivity contribution in [3.8, 4) is 28.7 Å². The Hall–Kier alpha value is -4.08. The first-order valence-electron chi connectivity index (χ1n) is 10.2. The van der Waals surface area contributed by atoms with E-state index in [1.807, 2.05) is 0 Å². The molecule has 10 nitrogen and oxygen atoms in total. The van der Waals surface area contributed by atoms with Crippen molar-refractivity contribution in [2.45, 2.75) is 5.92 Å². The van der Waals surface area contributed by atoms with Crippen molar-refractivity contribution in [1.82, 2.24) is 0 Å². The van der Waals surface area contributed by atoms with Crippen molar-refractivity contribution in [1.29, 1.82) is 0 Å².